The fourth-order valence-corrected chi connectivity index (χ4v) is 13.3. The molecule has 0 N–H and O–H groups in total. The summed E-state index contributed by atoms with van der Waals surface area (Å²) in [5.74, 6) is 0.649. The van der Waals surface area contributed by atoms with E-state index < -0.39 is 0 Å². The van der Waals surface area contributed by atoms with Crippen molar-refractivity contribution in [1.82, 2.24) is 19.1 Å². The molecule has 0 fully saturated rings. The summed E-state index contributed by atoms with van der Waals surface area (Å²) in [5, 5.41) is 9.36. The predicted octanol–water partition coefficient (Wildman–Crippen LogP) is 19.6. The molecule has 0 atom stereocenters. The largest absolute Gasteiger partial charge is 0.455 e. The van der Waals surface area contributed by atoms with Gasteiger partial charge >= 0.3 is 0 Å². The summed E-state index contributed by atoms with van der Waals surface area (Å²) in [6, 6.07) is 89.5. The molecular weight excluding hydrogens is 957 g/mol. The van der Waals surface area contributed by atoms with Gasteiger partial charge in [-0.2, -0.15) is 0 Å². The fraction of sp³-hybridized carbons (Fsp3) is 0.0141. The van der Waals surface area contributed by atoms with Crippen LogP contribution in [0.25, 0.3) is 153 Å². The average molecular weight is 1000 g/mol. The van der Waals surface area contributed by atoms with E-state index in [9.17, 15) is 0 Å². The molecule has 0 spiro atoms. The summed E-state index contributed by atoms with van der Waals surface area (Å²) >= 11 is 1.85. The molecule has 16 rings (SSSR count). The number of benzene rings is 11. The van der Waals surface area contributed by atoms with Gasteiger partial charge in [0.25, 0.3) is 0 Å². The first-order valence-corrected chi connectivity index (χ1v) is 27.0. The van der Waals surface area contributed by atoms with Gasteiger partial charge in [-0.3, -0.25) is 0 Å². The van der Waals surface area contributed by atoms with E-state index in [4.69, 9.17) is 14.4 Å². The highest BCUT2D eigenvalue weighted by Crippen LogP contribution is 2.50. The summed E-state index contributed by atoms with van der Waals surface area (Å²) in [6.45, 7) is 2.15. The summed E-state index contributed by atoms with van der Waals surface area (Å²) in [7, 11) is 0. The van der Waals surface area contributed by atoms with E-state index in [1.54, 1.807) is 0 Å². The quantitative estimate of drug-likeness (QED) is 0.160. The van der Waals surface area contributed by atoms with Crippen LogP contribution >= 0.6 is 11.3 Å². The average Bonchev–Trinajstić information content (AvgIpc) is 4.18. The second kappa shape index (κ2) is 17.1. The van der Waals surface area contributed by atoms with Crippen LogP contribution < -0.4 is 0 Å². The van der Waals surface area contributed by atoms with Gasteiger partial charge in [0, 0.05) is 80.6 Å². The number of thiophene rings is 1. The number of aromatic nitrogens is 4. The molecule has 0 radical (unpaired) electrons. The maximum Gasteiger partial charge on any atom is 0.160 e. The molecule has 0 saturated heterocycles. The molecule has 0 bridgehead atoms. The van der Waals surface area contributed by atoms with Gasteiger partial charge in [-0.15, -0.1) is 11.3 Å². The minimum absolute atomic E-state index is 0.649. The Kier molecular flexibility index (Phi) is 9.65. The normalized spacial score (nSPS) is 12.0. The third kappa shape index (κ3) is 6.65. The monoisotopic (exact) mass is 1000 g/mol. The van der Waals surface area contributed by atoms with E-state index in [-0.39, 0.29) is 0 Å². The molecule has 5 nitrogen and oxygen atoms in total. The van der Waals surface area contributed by atoms with Crippen LogP contribution in [-0.4, -0.2) is 19.1 Å². The summed E-state index contributed by atoms with van der Waals surface area (Å²) in [5.41, 5.74) is 18.4. The maximum atomic E-state index is 7.23. The number of hydrogen-bond acceptors (Lipinski definition) is 4. The van der Waals surface area contributed by atoms with Gasteiger partial charge in [-0.1, -0.05) is 176 Å². The molecule has 0 amide bonds. The Bertz CT molecular complexity index is 5050. The van der Waals surface area contributed by atoms with Crippen LogP contribution in [0.5, 0.6) is 0 Å². The van der Waals surface area contributed by atoms with E-state index >= 15 is 0 Å². The van der Waals surface area contributed by atoms with E-state index in [0.717, 1.165) is 106 Å². The first kappa shape index (κ1) is 43.5. The first-order chi connectivity index (χ1) is 38.1. The number of rotatable bonds is 7. The van der Waals surface area contributed by atoms with Crippen LogP contribution in [-0.2, 0) is 0 Å². The Morgan fingerprint density at radius 2 is 1.00 bits per heavy atom. The molecule has 0 saturated carbocycles. The zero-order valence-corrected chi connectivity index (χ0v) is 42.6. The molecule has 0 unspecified atom stereocenters. The topological polar surface area (TPSA) is 48.8 Å². The molecule has 11 aromatic carbocycles. The second-order valence-corrected chi connectivity index (χ2v) is 21.1. The molecule has 0 aliphatic heterocycles. The minimum Gasteiger partial charge on any atom is -0.455 e. The van der Waals surface area contributed by atoms with Gasteiger partial charge in [-0.25, -0.2) is 9.97 Å². The van der Waals surface area contributed by atoms with Gasteiger partial charge < -0.3 is 13.6 Å². The SMILES string of the molecule is Cc1c(-c2ccccc2)nc(-c2cccc(-c3ccccc3)c2)nc1-c1ccc(-n2c3ccccc3c3c2c(-c2ccc4sc5ccccc5c4c2)cc2c4ccccc4n(-c4ccccc4)c23)c2c1oc1ccccc12. The first-order valence-electron chi connectivity index (χ1n) is 26.1. The van der Waals surface area contributed by atoms with E-state index in [1.165, 1.54) is 47.2 Å². The third-order valence-corrected chi connectivity index (χ3v) is 16.8. The van der Waals surface area contributed by atoms with E-state index in [1.807, 2.05) is 11.3 Å². The molecule has 360 valence electrons. The summed E-state index contributed by atoms with van der Waals surface area (Å²) in [4.78, 5) is 10.9. The van der Waals surface area contributed by atoms with Gasteiger partial charge in [0.2, 0.25) is 0 Å². The van der Waals surface area contributed by atoms with Crippen LogP contribution in [0.2, 0.25) is 0 Å². The van der Waals surface area contributed by atoms with Crippen molar-refractivity contribution in [2.75, 3.05) is 0 Å². The molecule has 6 heteroatoms. The van der Waals surface area contributed by atoms with Crippen molar-refractivity contribution in [2.45, 2.75) is 6.92 Å². The summed E-state index contributed by atoms with van der Waals surface area (Å²) in [6.07, 6.45) is 0. The Morgan fingerprint density at radius 3 is 1.81 bits per heavy atom. The van der Waals surface area contributed by atoms with Crippen molar-refractivity contribution < 1.29 is 4.42 Å². The Balaban J connectivity index is 1.03. The van der Waals surface area contributed by atoms with Gasteiger partial charge in [-0.05, 0) is 96.4 Å². The highest BCUT2D eigenvalue weighted by molar-refractivity contribution is 7.25. The number of nitrogens with zero attached hydrogens (tertiary/aromatic N) is 4. The lowest BCUT2D eigenvalue weighted by atomic mass is 9.96. The van der Waals surface area contributed by atoms with Crippen molar-refractivity contribution in [3.05, 3.63) is 254 Å². The van der Waals surface area contributed by atoms with Crippen molar-refractivity contribution in [2.24, 2.45) is 0 Å². The van der Waals surface area contributed by atoms with Crippen LogP contribution in [0.3, 0.4) is 0 Å². The number of hydrogen-bond donors (Lipinski definition) is 0. The Hall–Kier alpha value is -9.88. The van der Waals surface area contributed by atoms with Crippen LogP contribution in [0.15, 0.2) is 253 Å². The van der Waals surface area contributed by atoms with Gasteiger partial charge in [0.1, 0.15) is 11.2 Å². The maximum absolute atomic E-state index is 7.23. The van der Waals surface area contributed by atoms with E-state index in [2.05, 4.69) is 265 Å². The van der Waals surface area contributed by atoms with Gasteiger partial charge in [0.05, 0.1) is 44.5 Å². The molecule has 77 heavy (non-hydrogen) atoms. The van der Waals surface area contributed by atoms with Crippen molar-refractivity contribution in [1.29, 1.82) is 0 Å². The van der Waals surface area contributed by atoms with Crippen LogP contribution in [0.1, 0.15) is 5.56 Å². The molecule has 5 aromatic heterocycles. The van der Waals surface area contributed by atoms with Crippen LogP contribution in [0.4, 0.5) is 0 Å². The number of fused-ring (bicyclic) bond motifs is 13. The lowest BCUT2D eigenvalue weighted by molar-refractivity contribution is 0.669. The fourth-order valence-electron chi connectivity index (χ4n) is 12.3. The standard InChI is InChI=1S/C71H44N4OS/c1-43-66(45-22-7-3-8-23-45)72-71(48-25-19-24-46(40-48)44-20-5-2-6-21-44)73-67(43)54-37-38-60(64-53-31-13-17-34-61(53)76-70(54)64)75-59-33-16-12-30-52(59)65-68(75)55(47-36-39-63-56(41-47)51-29-14-18-35-62(51)77-63)42-57-50-28-11-15-32-58(50)74(69(57)65)49-26-9-4-10-27-49/h2-42H,1H3. The number of furan rings is 1. The molecule has 0 aliphatic rings. The minimum atomic E-state index is 0.649. The Labute approximate surface area is 446 Å². The summed E-state index contributed by atoms with van der Waals surface area (Å²) < 4.78 is 14.8. The lowest BCUT2D eigenvalue weighted by Gasteiger charge is -2.17. The van der Waals surface area contributed by atoms with Crippen molar-refractivity contribution >= 4 is 97.1 Å². The van der Waals surface area contributed by atoms with Gasteiger partial charge in [0.15, 0.2) is 5.82 Å². The second-order valence-electron chi connectivity index (χ2n) is 20.0. The molecule has 0 aliphatic carbocycles. The predicted molar refractivity (Wildman–Crippen MR) is 323 cm³/mol. The molecule has 16 aromatic rings. The number of para-hydroxylation sites is 4. The third-order valence-electron chi connectivity index (χ3n) is 15.7. The zero-order valence-electron chi connectivity index (χ0n) is 41.8. The smallest absolute Gasteiger partial charge is 0.160 e. The van der Waals surface area contributed by atoms with Crippen LogP contribution in [0, 0.1) is 6.92 Å². The van der Waals surface area contributed by atoms with Crippen molar-refractivity contribution in [3.63, 3.8) is 0 Å². The molecular formula is C71H44N4OS. The highest BCUT2D eigenvalue weighted by Gasteiger charge is 2.28. The Morgan fingerprint density at radius 1 is 0.377 bits per heavy atom. The lowest BCUT2D eigenvalue weighted by Crippen LogP contribution is -2.02. The zero-order chi connectivity index (χ0) is 50.7. The molecule has 5 heterocycles. The van der Waals surface area contributed by atoms with Crippen molar-refractivity contribution in [3.8, 4) is 67.5 Å². The highest BCUT2D eigenvalue weighted by atomic mass is 32.1. The van der Waals surface area contributed by atoms with E-state index in [0.29, 0.717) is 5.82 Å².